The van der Waals surface area contributed by atoms with Crippen LogP contribution in [-0.2, 0) is 9.53 Å². The van der Waals surface area contributed by atoms with Crippen LogP contribution in [0.2, 0.25) is 0 Å². The van der Waals surface area contributed by atoms with E-state index in [0.717, 1.165) is 5.57 Å². The van der Waals surface area contributed by atoms with Crippen LogP contribution in [0.3, 0.4) is 0 Å². The monoisotopic (exact) mass is 222 g/mol. The molecule has 86 valence electrons. The van der Waals surface area contributed by atoms with E-state index in [2.05, 4.69) is 0 Å². The minimum Gasteiger partial charge on any atom is -0.462 e. The molecule has 0 heterocycles. The molecule has 1 aromatic rings. The first-order valence-corrected chi connectivity index (χ1v) is 5.16. The number of esters is 1. The average Bonchev–Trinajstić information content (AvgIpc) is 2.21. The summed E-state index contributed by atoms with van der Waals surface area (Å²) in [5.41, 5.74) is 2.03. The van der Waals surface area contributed by atoms with Crippen molar-refractivity contribution in [2.24, 2.45) is 0 Å². The van der Waals surface area contributed by atoms with Crippen molar-refractivity contribution in [2.45, 2.75) is 20.8 Å². The molecule has 0 unspecified atom stereocenters. The third-order valence-electron chi connectivity index (χ3n) is 2.11. The van der Waals surface area contributed by atoms with Gasteiger partial charge in [-0.25, -0.2) is 9.18 Å². The summed E-state index contributed by atoms with van der Waals surface area (Å²) in [4.78, 5) is 11.7. The largest absolute Gasteiger partial charge is 0.462 e. The van der Waals surface area contributed by atoms with E-state index in [1.165, 1.54) is 12.1 Å². The Morgan fingerprint density at radius 3 is 2.25 bits per heavy atom. The lowest BCUT2D eigenvalue weighted by Gasteiger charge is -2.09. The maximum absolute atomic E-state index is 12.8. The highest BCUT2D eigenvalue weighted by Gasteiger charge is 2.14. The Kier molecular flexibility index (Phi) is 4.23. The third-order valence-corrected chi connectivity index (χ3v) is 2.11. The Hall–Kier alpha value is -1.64. The number of hydrogen-bond donors (Lipinski definition) is 0. The van der Waals surface area contributed by atoms with E-state index < -0.39 is 0 Å². The van der Waals surface area contributed by atoms with Crippen LogP contribution in [0.5, 0.6) is 0 Å². The first-order valence-electron chi connectivity index (χ1n) is 5.16. The average molecular weight is 222 g/mol. The van der Waals surface area contributed by atoms with Gasteiger partial charge in [0, 0.05) is 0 Å². The van der Waals surface area contributed by atoms with E-state index in [4.69, 9.17) is 4.74 Å². The predicted molar refractivity (Wildman–Crippen MR) is 61.3 cm³/mol. The zero-order chi connectivity index (χ0) is 12.1. The van der Waals surface area contributed by atoms with Crippen LogP contribution >= 0.6 is 0 Å². The van der Waals surface area contributed by atoms with Gasteiger partial charge in [-0.15, -0.1) is 0 Å². The van der Waals surface area contributed by atoms with Crippen molar-refractivity contribution < 1.29 is 13.9 Å². The smallest absolute Gasteiger partial charge is 0.338 e. The standard InChI is InChI=1S/C13H15FO2/c1-4-16-13(15)12(9(2)3)10-5-7-11(14)8-6-10/h5-8H,4H2,1-3H3. The summed E-state index contributed by atoms with van der Waals surface area (Å²) >= 11 is 0. The summed E-state index contributed by atoms with van der Waals surface area (Å²) in [5, 5.41) is 0. The van der Waals surface area contributed by atoms with E-state index in [-0.39, 0.29) is 11.8 Å². The summed E-state index contributed by atoms with van der Waals surface area (Å²) in [5.74, 6) is -0.685. The van der Waals surface area contributed by atoms with Crippen LogP contribution in [-0.4, -0.2) is 12.6 Å². The highest BCUT2D eigenvalue weighted by atomic mass is 19.1. The molecule has 0 atom stereocenters. The Morgan fingerprint density at radius 1 is 1.25 bits per heavy atom. The Bertz CT molecular complexity index is 400. The topological polar surface area (TPSA) is 26.3 Å². The second-order valence-corrected chi connectivity index (χ2v) is 3.60. The van der Waals surface area contributed by atoms with E-state index >= 15 is 0 Å². The van der Waals surface area contributed by atoms with Crippen molar-refractivity contribution in [3.63, 3.8) is 0 Å². The van der Waals surface area contributed by atoms with E-state index in [9.17, 15) is 9.18 Å². The molecule has 16 heavy (non-hydrogen) atoms. The van der Waals surface area contributed by atoms with Crippen LogP contribution in [0.25, 0.3) is 5.57 Å². The number of allylic oxidation sites excluding steroid dienone is 1. The van der Waals surface area contributed by atoms with Crippen LogP contribution in [0, 0.1) is 5.82 Å². The normalized spacial score (nSPS) is 9.75. The second-order valence-electron chi connectivity index (χ2n) is 3.60. The molecule has 2 nitrogen and oxygen atoms in total. The predicted octanol–water partition coefficient (Wildman–Crippen LogP) is 3.18. The van der Waals surface area contributed by atoms with Gasteiger partial charge in [0.05, 0.1) is 12.2 Å². The van der Waals surface area contributed by atoms with Crippen LogP contribution < -0.4 is 0 Å². The zero-order valence-electron chi connectivity index (χ0n) is 9.71. The fourth-order valence-corrected chi connectivity index (χ4v) is 1.43. The highest BCUT2D eigenvalue weighted by molar-refractivity contribution is 6.17. The molecule has 0 saturated carbocycles. The molecular formula is C13H15FO2. The van der Waals surface area contributed by atoms with Gasteiger partial charge in [-0.3, -0.25) is 0 Å². The number of carbonyl (C=O) groups is 1. The van der Waals surface area contributed by atoms with Crippen molar-refractivity contribution in [1.29, 1.82) is 0 Å². The van der Waals surface area contributed by atoms with Crippen LogP contribution in [0.15, 0.2) is 29.8 Å². The van der Waals surface area contributed by atoms with Crippen molar-refractivity contribution in [3.05, 3.63) is 41.2 Å². The van der Waals surface area contributed by atoms with Crippen LogP contribution in [0.1, 0.15) is 26.3 Å². The van der Waals surface area contributed by atoms with Gasteiger partial charge in [0.1, 0.15) is 5.82 Å². The molecule has 0 fully saturated rings. The van der Waals surface area contributed by atoms with Gasteiger partial charge in [0.25, 0.3) is 0 Å². The molecule has 1 aromatic carbocycles. The van der Waals surface area contributed by atoms with Gasteiger partial charge in [-0.2, -0.15) is 0 Å². The minimum absolute atomic E-state index is 0.319. The van der Waals surface area contributed by atoms with Gasteiger partial charge in [0.2, 0.25) is 0 Å². The highest BCUT2D eigenvalue weighted by Crippen LogP contribution is 2.20. The van der Waals surface area contributed by atoms with Gasteiger partial charge in [-0.1, -0.05) is 17.7 Å². The Morgan fingerprint density at radius 2 is 1.81 bits per heavy atom. The number of benzene rings is 1. The summed E-state index contributed by atoms with van der Waals surface area (Å²) in [6.07, 6.45) is 0. The number of halogens is 1. The Balaban J connectivity index is 3.10. The minimum atomic E-state index is -0.367. The summed E-state index contributed by atoms with van der Waals surface area (Å²) in [7, 11) is 0. The molecule has 0 amide bonds. The molecule has 0 aromatic heterocycles. The summed E-state index contributed by atoms with van der Waals surface area (Å²) in [6.45, 7) is 5.74. The molecule has 0 saturated heterocycles. The lowest BCUT2D eigenvalue weighted by atomic mass is 10.0. The molecular weight excluding hydrogens is 207 g/mol. The molecule has 0 aliphatic carbocycles. The van der Waals surface area contributed by atoms with Crippen molar-refractivity contribution in [1.82, 2.24) is 0 Å². The first kappa shape index (κ1) is 12.4. The quantitative estimate of drug-likeness (QED) is 0.580. The van der Waals surface area contributed by atoms with E-state index in [0.29, 0.717) is 17.7 Å². The third kappa shape index (κ3) is 2.92. The SMILES string of the molecule is CCOC(=O)C(=C(C)C)c1ccc(F)cc1. The van der Waals surface area contributed by atoms with Crippen molar-refractivity contribution in [2.75, 3.05) is 6.61 Å². The maximum atomic E-state index is 12.8. The first-order chi connectivity index (χ1) is 7.56. The number of rotatable bonds is 3. The lowest BCUT2D eigenvalue weighted by Crippen LogP contribution is -2.08. The maximum Gasteiger partial charge on any atom is 0.338 e. The molecule has 3 heteroatoms. The molecule has 0 bridgehead atoms. The summed E-state index contributed by atoms with van der Waals surface area (Å²) < 4.78 is 17.7. The Labute approximate surface area is 94.7 Å². The van der Waals surface area contributed by atoms with E-state index in [1.807, 2.05) is 13.8 Å². The molecule has 1 rings (SSSR count). The molecule has 0 N–H and O–H groups in total. The van der Waals surface area contributed by atoms with Gasteiger partial charge in [0.15, 0.2) is 0 Å². The fraction of sp³-hybridized carbons (Fsp3) is 0.308. The lowest BCUT2D eigenvalue weighted by molar-refractivity contribution is -0.136. The van der Waals surface area contributed by atoms with Gasteiger partial charge in [-0.05, 0) is 38.5 Å². The van der Waals surface area contributed by atoms with Crippen LogP contribution in [0.4, 0.5) is 4.39 Å². The summed E-state index contributed by atoms with van der Waals surface area (Å²) in [6, 6.07) is 5.82. The zero-order valence-corrected chi connectivity index (χ0v) is 9.71. The van der Waals surface area contributed by atoms with Crippen molar-refractivity contribution >= 4 is 11.5 Å². The molecule has 0 radical (unpaired) electrons. The molecule has 0 spiro atoms. The molecule has 0 aliphatic heterocycles. The number of hydrogen-bond acceptors (Lipinski definition) is 2. The number of carbonyl (C=O) groups excluding carboxylic acids is 1. The molecule has 0 aliphatic rings. The fourth-order valence-electron chi connectivity index (χ4n) is 1.43. The second kappa shape index (κ2) is 5.45. The van der Waals surface area contributed by atoms with E-state index in [1.54, 1.807) is 19.1 Å². The number of ether oxygens (including phenoxy) is 1. The van der Waals surface area contributed by atoms with Crippen molar-refractivity contribution in [3.8, 4) is 0 Å². The van der Waals surface area contributed by atoms with Gasteiger partial charge < -0.3 is 4.74 Å². The van der Waals surface area contributed by atoms with Gasteiger partial charge >= 0.3 is 5.97 Å².